The lowest BCUT2D eigenvalue weighted by molar-refractivity contribution is 0.0971. The normalized spacial score (nSPS) is 13.5. The Kier molecular flexibility index (Phi) is 31.0. The summed E-state index contributed by atoms with van der Waals surface area (Å²) in [4.78, 5) is 113. The molecular weight excluding hydrogens is 1790 g/mol. The number of halogens is 1. The highest BCUT2D eigenvalue weighted by Gasteiger charge is 2.32. The molecule has 27 nitrogen and oxygen atoms in total. The summed E-state index contributed by atoms with van der Waals surface area (Å²) in [5.41, 5.74) is 9.83. The van der Waals surface area contributed by atoms with Gasteiger partial charge < -0.3 is 34.1 Å². The van der Waals surface area contributed by atoms with Crippen LogP contribution in [0, 0.1) is 17.2 Å². The number of sulfonamides is 2. The Balaban J connectivity index is 0.000000142. The number of ether oxygens (including phenoxy) is 3. The Morgan fingerprint density at radius 3 is 1.45 bits per heavy atom. The summed E-state index contributed by atoms with van der Waals surface area (Å²) in [6.45, 7) is 18.3. The lowest BCUT2D eigenvalue weighted by atomic mass is 9.77. The Morgan fingerprint density at radius 1 is 0.508 bits per heavy atom. The van der Waals surface area contributed by atoms with E-state index in [1.807, 2.05) is 30.2 Å². The predicted molar refractivity (Wildman–Crippen MR) is 523 cm³/mol. The number of thiazole rings is 2. The highest BCUT2D eigenvalue weighted by molar-refractivity contribution is 7.89. The second-order valence-corrected chi connectivity index (χ2v) is 41.3. The van der Waals surface area contributed by atoms with Crippen molar-refractivity contribution in [3.05, 3.63) is 254 Å². The molecule has 10 aromatic heterocycles. The van der Waals surface area contributed by atoms with E-state index in [1.165, 1.54) is 106 Å². The maximum atomic E-state index is 14.9. The van der Waals surface area contributed by atoms with Gasteiger partial charge in [0.1, 0.15) is 56.9 Å². The molecule has 3 aliphatic carbocycles. The van der Waals surface area contributed by atoms with Crippen LogP contribution in [0.25, 0.3) is 115 Å². The highest BCUT2D eigenvalue weighted by atomic mass is 32.2. The van der Waals surface area contributed by atoms with Gasteiger partial charge in [0.25, 0.3) is 34.1 Å². The van der Waals surface area contributed by atoms with Crippen molar-refractivity contribution in [2.24, 2.45) is 11.3 Å². The molecule has 2 amide bonds. The molecule has 0 radical (unpaired) electrons. The molecule has 3 aliphatic rings. The van der Waals surface area contributed by atoms with Gasteiger partial charge in [-0.3, -0.25) is 39.0 Å². The summed E-state index contributed by atoms with van der Waals surface area (Å²) in [6, 6.07) is 42.4. The third-order valence-electron chi connectivity index (χ3n) is 22.5. The fourth-order valence-corrected chi connectivity index (χ4v) is 19.8. The van der Waals surface area contributed by atoms with Crippen LogP contribution in [0.15, 0.2) is 184 Å². The topological polar surface area (TPSA) is 395 Å². The maximum Gasteiger partial charge on any atom is 0.271 e. The first-order chi connectivity index (χ1) is 63.5. The molecule has 0 aliphatic heterocycles. The van der Waals surface area contributed by atoms with E-state index in [0.29, 0.717) is 98.9 Å². The van der Waals surface area contributed by atoms with Gasteiger partial charge in [-0.2, -0.15) is 10.2 Å². The molecule has 14 aromatic rings. The van der Waals surface area contributed by atoms with Crippen LogP contribution in [-0.4, -0.2) is 121 Å². The van der Waals surface area contributed by atoms with Gasteiger partial charge in [0, 0.05) is 98.6 Å². The van der Waals surface area contributed by atoms with E-state index in [9.17, 15) is 50.0 Å². The number of nitrogens with zero attached hydrogens (tertiary/aromatic N) is 6. The van der Waals surface area contributed by atoms with Crippen molar-refractivity contribution in [3.63, 3.8) is 0 Å². The van der Waals surface area contributed by atoms with E-state index in [1.54, 1.807) is 65.4 Å². The van der Waals surface area contributed by atoms with Crippen LogP contribution >= 0.6 is 45.3 Å². The molecule has 132 heavy (non-hydrogen) atoms. The predicted octanol–water partition coefficient (Wildman–Crippen LogP) is 20.2. The zero-order chi connectivity index (χ0) is 93.5. The number of H-pyrrole nitrogens is 6. The first kappa shape index (κ1) is 95.6. The summed E-state index contributed by atoms with van der Waals surface area (Å²) < 4.78 is 82.3. The third-order valence-corrected chi connectivity index (χ3v) is 28.5. The average Bonchev–Trinajstić information content (AvgIpc) is 1.15. The number of pyridine rings is 4. The number of allylic oxidation sites excluding steroid dienone is 2. The van der Waals surface area contributed by atoms with Crippen molar-refractivity contribution in [3.8, 4) is 127 Å². The Labute approximate surface area is 780 Å². The van der Waals surface area contributed by atoms with E-state index in [4.69, 9.17) is 14.2 Å². The van der Waals surface area contributed by atoms with Crippen LogP contribution in [0.1, 0.15) is 190 Å². The van der Waals surface area contributed by atoms with E-state index in [-0.39, 0.29) is 39.1 Å². The Morgan fingerprint density at radius 2 is 0.992 bits per heavy atom. The van der Waals surface area contributed by atoms with Crippen LogP contribution < -0.4 is 45.9 Å². The number of aromatic nitrogens is 12. The molecule has 0 atom stereocenters. The lowest BCUT2D eigenvalue weighted by Gasteiger charge is -2.28. The number of aryl methyl sites for hydroxylation is 4. The van der Waals surface area contributed by atoms with Crippen LogP contribution in [0.3, 0.4) is 0 Å². The van der Waals surface area contributed by atoms with Gasteiger partial charge in [0.15, 0.2) is 11.6 Å². The monoisotopic (exact) mass is 1900 g/mol. The largest absolute Gasteiger partial charge is 0.493 e. The van der Waals surface area contributed by atoms with Crippen LogP contribution in [0.2, 0.25) is 0 Å². The molecule has 8 N–H and O–H groups in total. The zero-order valence-electron chi connectivity index (χ0n) is 75.0. The standard InChI is InChI=1S/C27H28N4OS.C25H29N3O6S2.C24H24N4OS.C22H24FN3O5S2/c1-4-20-9-10-23(33-20)21-15-22(30-26(32)24(21)25-28-16-29-31-25)19-7-5-17(6-8-19)18-11-13-27(2,3)14-12-18;1-4-6-11-34-16-9-10-17(20(12-16)33-5-2)19-13-18(25-26-14-21(35-25)15-7-8-15)22(23(29)27-19)24(30)28-36(3,31)32;1-2-18-11-12-21(30-18)19-13-20(27-24(29)22(19)23-25-14-26-28-23)17-9-7-16(8-10-17)6-5-15-3-4-15;1-4-6-9-31-13-7-8-15(17(23)10-13)18-11-16(22-24-12-14(5-2)32-22)19(20(27)25-18)21(28)26-33(3,29)30/h5-11,15-16H,4,12-14H2,1-3H3,(H,30,32)(H,28,29,31);9-10,12-15H,4-8,11H2,1-3H3,(H,27,29)(H,28,30);7-15H,2-6H2,1H3,(H,27,29)(H,25,26,28);7-8,10-12H,4-6,9H2,1-3H3,(H,25,27)(H,26,28). The van der Waals surface area contributed by atoms with Crippen molar-refractivity contribution in [2.45, 2.75) is 164 Å². The summed E-state index contributed by atoms with van der Waals surface area (Å²) in [5.74, 6) is 1.15. The number of carbonyl (C=O) groups is 2. The molecule has 0 saturated heterocycles. The highest BCUT2D eigenvalue weighted by Crippen LogP contribution is 2.46. The molecule has 10 heterocycles. The van der Waals surface area contributed by atoms with Crippen molar-refractivity contribution in [2.75, 3.05) is 32.3 Å². The van der Waals surface area contributed by atoms with Gasteiger partial charge >= 0.3 is 0 Å². The van der Waals surface area contributed by atoms with Crippen molar-refractivity contribution < 1.29 is 45.0 Å². The van der Waals surface area contributed by atoms with Gasteiger partial charge in [-0.25, -0.2) is 50.6 Å². The molecule has 0 unspecified atom stereocenters. The Bertz CT molecular complexity index is 6980. The van der Waals surface area contributed by atoms with Crippen LogP contribution in [-0.2, 0) is 45.7 Å². The fourth-order valence-electron chi connectivity index (χ4n) is 15.0. The summed E-state index contributed by atoms with van der Waals surface area (Å²) >= 11 is 6.08. The number of rotatable bonds is 32. The van der Waals surface area contributed by atoms with Gasteiger partial charge in [0.05, 0.1) is 54.8 Å². The number of aromatic amines is 6. The number of thiophene rings is 2. The number of unbranched alkanes of at least 4 members (excludes halogenated alkanes) is 2. The van der Waals surface area contributed by atoms with Gasteiger partial charge in [0.2, 0.25) is 20.0 Å². The van der Waals surface area contributed by atoms with Gasteiger partial charge in [-0.1, -0.05) is 129 Å². The number of hydrogen-bond acceptors (Lipinski definition) is 23. The number of hydrogen-bond donors (Lipinski definition) is 8. The zero-order valence-corrected chi connectivity index (χ0v) is 79.9. The molecule has 0 bridgehead atoms. The summed E-state index contributed by atoms with van der Waals surface area (Å²) in [6.07, 6.45) is 27.4. The molecule has 4 aromatic carbocycles. The number of amides is 2. The lowest BCUT2D eigenvalue weighted by Crippen LogP contribution is -2.34. The average molecular weight is 1900 g/mol. The van der Waals surface area contributed by atoms with Gasteiger partial charge in [-0.15, -0.1) is 45.3 Å². The van der Waals surface area contributed by atoms with Crippen molar-refractivity contribution >= 4 is 82.8 Å². The maximum absolute atomic E-state index is 14.9. The van der Waals surface area contributed by atoms with Crippen LogP contribution in [0.4, 0.5) is 4.39 Å². The van der Waals surface area contributed by atoms with Crippen LogP contribution in [0.5, 0.6) is 17.2 Å². The first-order valence-corrected chi connectivity index (χ1v) is 51.2. The van der Waals surface area contributed by atoms with E-state index in [2.05, 4.69) is 186 Å². The molecule has 34 heteroatoms. The van der Waals surface area contributed by atoms with E-state index >= 15 is 0 Å². The molecule has 2 saturated carbocycles. The second-order valence-electron chi connectivity index (χ2n) is 33.3. The third kappa shape index (κ3) is 24.4. The minimum Gasteiger partial charge on any atom is -0.493 e. The second kappa shape index (κ2) is 42.8. The molecule has 0 spiro atoms. The minimum atomic E-state index is -3.91. The molecule has 688 valence electrons. The van der Waals surface area contributed by atoms with Gasteiger partial charge in [-0.05, 0) is 202 Å². The molecule has 2 fully saturated rings. The Hall–Kier alpha value is -12.5. The summed E-state index contributed by atoms with van der Waals surface area (Å²) in [5, 5.41) is 14.4. The van der Waals surface area contributed by atoms with E-state index < -0.39 is 54.4 Å². The fraction of sp³-hybridized carbons (Fsp3) is 0.327. The molecule has 17 rings (SSSR count). The number of benzene rings is 4. The SMILES string of the molecule is CCCCOc1ccc(-c2cc(-c3ncc(C4CC4)s3)c(C(=O)NS(C)(=O)=O)c(=O)[nH]2)c(OCC)c1.CCCCOc1ccc(-c2cc(-c3ncc(CC)s3)c(C(=O)NS(C)(=O)=O)c(=O)[nH]2)c(F)c1.CCc1ccc(-c2cc(-c3ccc(C4=CCC(C)(C)CC4)cc3)[nH]c(=O)c2-c2ncn[nH]2)s1.CCc1ccc(-c2cc(-c3ccc(CCC4CC4)cc3)[nH]c(=O)c2-c2ncn[nH]2)s1. The first-order valence-electron chi connectivity index (χ1n) is 44.1. The van der Waals surface area contributed by atoms with Crippen molar-refractivity contribution in [1.29, 1.82) is 0 Å². The summed E-state index contributed by atoms with van der Waals surface area (Å²) in [7, 11) is -7.79. The smallest absolute Gasteiger partial charge is 0.271 e. The number of nitrogens with one attached hydrogen (secondary N) is 8. The number of carbonyl (C=O) groups excluding carboxylic acids is 2. The minimum absolute atomic E-state index is 0.0959. The quantitative estimate of drug-likeness (QED) is 0.0182. The van der Waals surface area contributed by atoms with Crippen molar-refractivity contribution in [1.82, 2.24) is 69.7 Å². The molecular formula is C98H105FN14O13S6. The van der Waals surface area contributed by atoms with E-state index in [0.717, 1.165) is 142 Å².